The van der Waals surface area contributed by atoms with Crippen LogP contribution in [0.15, 0.2) is 0 Å². The highest BCUT2D eigenvalue weighted by Crippen LogP contribution is 2.17. The Balaban J connectivity index is 1.85. The zero-order valence-electron chi connectivity index (χ0n) is 9.71. The van der Waals surface area contributed by atoms with Gasteiger partial charge in [-0.15, -0.1) is 11.3 Å². The zero-order valence-corrected chi connectivity index (χ0v) is 10.5. The number of rotatable bonds is 3. The fourth-order valence-corrected chi connectivity index (χ4v) is 2.96. The van der Waals surface area contributed by atoms with Crippen molar-refractivity contribution in [2.24, 2.45) is 0 Å². The highest BCUT2D eigenvalue weighted by atomic mass is 32.1. The van der Waals surface area contributed by atoms with Gasteiger partial charge in [0.2, 0.25) is 0 Å². The van der Waals surface area contributed by atoms with Gasteiger partial charge in [0.05, 0.1) is 10.7 Å². The van der Waals surface area contributed by atoms with Gasteiger partial charge < -0.3 is 10.2 Å². The SMILES string of the molecule is Cc1nc(C)c(CNC2CCN(C)C2)s1. The molecular formula is C11H19N3S. The molecule has 1 aliphatic rings. The van der Waals surface area contributed by atoms with Crippen LogP contribution in [0.25, 0.3) is 0 Å². The summed E-state index contributed by atoms with van der Waals surface area (Å²) in [4.78, 5) is 8.21. The average molecular weight is 225 g/mol. The largest absolute Gasteiger partial charge is 0.308 e. The van der Waals surface area contributed by atoms with Crippen molar-refractivity contribution in [1.82, 2.24) is 15.2 Å². The van der Waals surface area contributed by atoms with Crippen molar-refractivity contribution in [3.63, 3.8) is 0 Å². The van der Waals surface area contributed by atoms with E-state index in [1.807, 2.05) is 11.3 Å². The molecule has 15 heavy (non-hydrogen) atoms. The van der Waals surface area contributed by atoms with E-state index < -0.39 is 0 Å². The lowest BCUT2D eigenvalue weighted by Crippen LogP contribution is -2.30. The van der Waals surface area contributed by atoms with Crippen LogP contribution in [-0.4, -0.2) is 36.1 Å². The molecule has 1 fully saturated rings. The molecule has 4 heteroatoms. The van der Waals surface area contributed by atoms with Crippen LogP contribution in [0, 0.1) is 13.8 Å². The molecule has 0 aliphatic carbocycles. The fraction of sp³-hybridized carbons (Fsp3) is 0.727. The molecule has 0 aromatic carbocycles. The molecule has 3 nitrogen and oxygen atoms in total. The maximum atomic E-state index is 4.44. The number of thiazole rings is 1. The summed E-state index contributed by atoms with van der Waals surface area (Å²) < 4.78 is 0. The first kappa shape index (κ1) is 11.0. The van der Waals surface area contributed by atoms with Gasteiger partial charge in [-0.05, 0) is 33.9 Å². The summed E-state index contributed by atoms with van der Waals surface area (Å²) in [5.74, 6) is 0. The molecule has 1 aliphatic heterocycles. The van der Waals surface area contributed by atoms with Crippen LogP contribution in [0.4, 0.5) is 0 Å². The molecule has 1 aromatic heterocycles. The second-order valence-corrected chi connectivity index (χ2v) is 5.66. The second kappa shape index (κ2) is 4.60. The topological polar surface area (TPSA) is 28.2 Å². The number of aromatic nitrogens is 1. The molecule has 1 aromatic rings. The van der Waals surface area contributed by atoms with Crippen LogP contribution in [0.1, 0.15) is 22.0 Å². The van der Waals surface area contributed by atoms with Gasteiger partial charge in [-0.2, -0.15) is 0 Å². The van der Waals surface area contributed by atoms with Gasteiger partial charge in [0.1, 0.15) is 0 Å². The summed E-state index contributed by atoms with van der Waals surface area (Å²) in [6, 6.07) is 0.664. The van der Waals surface area contributed by atoms with Crippen molar-refractivity contribution in [2.75, 3.05) is 20.1 Å². The van der Waals surface area contributed by atoms with Crippen LogP contribution < -0.4 is 5.32 Å². The quantitative estimate of drug-likeness (QED) is 0.846. The third-order valence-electron chi connectivity index (χ3n) is 2.94. The molecule has 0 saturated carbocycles. The van der Waals surface area contributed by atoms with E-state index in [0.717, 1.165) is 6.54 Å². The predicted octanol–water partition coefficient (Wildman–Crippen LogP) is 1.55. The molecule has 1 saturated heterocycles. The number of aryl methyl sites for hydroxylation is 2. The van der Waals surface area contributed by atoms with Gasteiger partial charge in [-0.3, -0.25) is 0 Å². The Morgan fingerprint density at radius 1 is 1.53 bits per heavy atom. The minimum Gasteiger partial charge on any atom is -0.308 e. The van der Waals surface area contributed by atoms with Crippen LogP contribution in [0.3, 0.4) is 0 Å². The Morgan fingerprint density at radius 2 is 2.33 bits per heavy atom. The molecule has 1 atom stereocenters. The van der Waals surface area contributed by atoms with Crippen molar-refractivity contribution in [3.05, 3.63) is 15.6 Å². The normalized spacial score (nSPS) is 22.5. The Kier molecular flexibility index (Phi) is 3.38. The van der Waals surface area contributed by atoms with Crippen LogP contribution in [0.2, 0.25) is 0 Å². The van der Waals surface area contributed by atoms with Crippen molar-refractivity contribution >= 4 is 11.3 Å². The number of likely N-dealkylation sites (N-methyl/N-ethyl adjacent to an activating group) is 1. The number of hydrogen-bond acceptors (Lipinski definition) is 4. The Bertz CT molecular complexity index is 335. The van der Waals surface area contributed by atoms with Crippen molar-refractivity contribution in [1.29, 1.82) is 0 Å². The Hall–Kier alpha value is -0.450. The molecule has 0 spiro atoms. The van der Waals surface area contributed by atoms with Crippen LogP contribution in [-0.2, 0) is 6.54 Å². The molecule has 2 heterocycles. The Morgan fingerprint density at radius 3 is 2.87 bits per heavy atom. The van der Waals surface area contributed by atoms with Crippen molar-refractivity contribution < 1.29 is 0 Å². The van der Waals surface area contributed by atoms with Crippen LogP contribution >= 0.6 is 11.3 Å². The lowest BCUT2D eigenvalue weighted by Gasteiger charge is -2.11. The first-order valence-corrected chi connectivity index (χ1v) is 6.31. The first-order chi connectivity index (χ1) is 7.15. The van der Waals surface area contributed by atoms with Gasteiger partial charge >= 0.3 is 0 Å². The number of nitrogens with one attached hydrogen (secondary N) is 1. The minimum absolute atomic E-state index is 0.664. The Labute approximate surface area is 95.5 Å². The van der Waals surface area contributed by atoms with E-state index in [1.54, 1.807) is 0 Å². The molecule has 84 valence electrons. The van der Waals surface area contributed by atoms with Gasteiger partial charge in [0, 0.05) is 24.0 Å². The molecule has 1 N–H and O–H groups in total. The molecular weight excluding hydrogens is 206 g/mol. The van der Waals surface area contributed by atoms with Gasteiger partial charge in [0.25, 0.3) is 0 Å². The van der Waals surface area contributed by atoms with Crippen molar-refractivity contribution in [2.45, 2.75) is 32.9 Å². The van der Waals surface area contributed by atoms with E-state index in [9.17, 15) is 0 Å². The smallest absolute Gasteiger partial charge is 0.0900 e. The van der Waals surface area contributed by atoms with E-state index in [2.05, 4.69) is 36.1 Å². The van der Waals surface area contributed by atoms with Crippen molar-refractivity contribution in [3.8, 4) is 0 Å². The highest BCUT2D eigenvalue weighted by Gasteiger charge is 2.19. The zero-order chi connectivity index (χ0) is 10.8. The summed E-state index contributed by atoms with van der Waals surface area (Å²) in [6.45, 7) is 7.55. The molecule has 0 bridgehead atoms. The average Bonchev–Trinajstić information content (AvgIpc) is 2.70. The first-order valence-electron chi connectivity index (χ1n) is 5.50. The molecule has 1 unspecified atom stereocenters. The van der Waals surface area contributed by atoms with E-state index in [-0.39, 0.29) is 0 Å². The molecule has 0 amide bonds. The molecule has 0 radical (unpaired) electrons. The van der Waals surface area contributed by atoms with Gasteiger partial charge in [-0.1, -0.05) is 0 Å². The number of nitrogens with zero attached hydrogens (tertiary/aromatic N) is 2. The predicted molar refractivity (Wildman–Crippen MR) is 64.3 cm³/mol. The minimum atomic E-state index is 0.664. The van der Waals surface area contributed by atoms with Gasteiger partial charge in [-0.25, -0.2) is 4.98 Å². The highest BCUT2D eigenvalue weighted by molar-refractivity contribution is 7.11. The fourth-order valence-electron chi connectivity index (χ4n) is 2.08. The number of hydrogen-bond donors (Lipinski definition) is 1. The third-order valence-corrected chi connectivity index (χ3v) is 4.02. The summed E-state index contributed by atoms with van der Waals surface area (Å²) in [5, 5.41) is 4.79. The second-order valence-electron chi connectivity index (χ2n) is 4.37. The van der Waals surface area contributed by atoms with E-state index in [0.29, 0.717) is 6.04 Å². The maximum absolute atomic E-state index is 4.44. The van der Waals surface area contributed by atoms with E-state index in [1.165, 1.54) is 35.1 Å². The number of likely N-dealkylation sites (tertiary alicyclic amines) is 1. The summed E-state index contributed by atoms with van der Waals surface area (Å²) in [6.07, 6.45) is 1.27. The van der Waals surface area contributed by atoms with Crippen LogP contribution in [0.5, 0.6) is 0 Å². The lowest BCUT2D eigenvalue weighted by molar-refractivity contribution is 0.398. The van der Waals surface area contributed by atoms with E-state index in [4.69, 9.17) is 0 Å². The summed E-state index contributed by atoms with van der Waals surface area (Å²) in [7, 11) is 2.18. The summed E-state index contributed by atoms with van der Waals surface area (Å²) in [5.41, 5.74) is 1.19. The third kappa shape index (κ3) is 2.77. The lowest BCUT2D eigenvalue weighted by atomic mass is 10.2. The van der Waals surface area contributed by atoms with E-state index >= 15 is 0 Å². The standard InChI is InChI=1S/C11H19N3S/c1-8-11(15-9(2)13-8)6-12-10-4-5-14(3)7-10/h10,12H,4-7H2,1-3H3. The maximum Gasteiger partial charge on any atom is 0.0900 e. The molecule has 2 rings (SSSR count). The van der Waals surface area contributed by atoms with Gasteiger partial charge in [0.15, 0.2) is 0 Å². The monoisotopic (exact) mass is 225 g/mol. The summed E-state index contributed by atoms with van der Waals surface area (Å²) >= 11 is 1.81.